The fourth-order valence-corrected chi connectivity index (χ4v) is 4.94. The second-order valence-electron chi connectivity index (χ2n) is 4.01. The van der Waals surface area contributed by atoms with Gasteiger partial charge in [-0.05, 0) is 24.3 Å². The van der Waals surface area contributed by atoms with Crippen LogP contribution in [-0.4, -0.2) is 18.4 Å². The quantitative estimate of drug-likeness (QED) is 0.864. The average molecular weight is 331 g/mol. The van der Waals surface area contributed by atoms with Crippen LogP contribution in [0.2, 0.25) is 0 Å². The van der Waals surface area contributed by atoms with Crippen LogP contribution >= 0.6 is 0 Å². The Hall–Kier alpha value is -1.80. The predicted octanol–water partition coefficient (Wildman–Crippen LogP) is 3.13. The third-order valence-corrected chi connectivity index (χ3v) is 6.54. The Morgan fingerprint density at radius 1 is 0.762 bits per heavy atom. The standard InChI is InChI=1S/C13H11F2NO3S2/c14-13(15)20(17,11-7-3-1-4-8-11)16-21(18,19)12-9-5-2-6-10-12/h1-10,13H/t20-/m1/s1. The van der Waals surface area contributed by atoms with Gasteiger partial charge in [0.05, 0.1) is 9.79 Å². The van der Waals surface area contributed by atoms with Crippen LogP contribution in [0.5, 0.6) is 0 Å². The number of nitrogens with zero attached hydrogens (tertiary/aromatic N) is 1. The molecule has 0 bridgehead atoms. The van der Waals surface area contributed by atoms with E-state index >= 15 is 0 Å². The van der Waals surface area contributed by atoms with E-state index in [9.17, 15) is 21.4 Å². The summed E-state index contributed by atoms with van der Waals surface area (Å²) in [5.74, 6) is -3.42. The molecule has 2 aromatic rings. The summed E-state index contributed by atoms with van der Waals surface area (Å²) >= 11 is 0. The molecule has 0 radical (unpaired) electrons. The molecular weight excluding hydrogens is 320 g/mol. The van der Waals surface area contributed by atoms with Gasteiger partial charge in [-0.2, -0.15) is 17.2 Å². The highest BCUT2D eigenvalue weighted by Crippen LogP contribution is 2.24. The molecule has 0 N–H and O–H groups in total. The van der Waals surface area contributed by atoms with Gasteiger partial charge in [0.2, 0.25) is 0 Å². The van der Waals surface area contributed by atoms with Gasteiger partial charge in [0.15, 0.2) is 9.73 Å². The minimum absolute atomic E-state index is 0.283. The molecule has 0 aromatic heterocycles. The van der Waals surface area contributed by atoms with Crippen LogP contribution < -0.4 is 0 Å². The summed E-state index contributed by atoms with van der Waals surface area (Å²) in [4.78, 5) is -0.603. The maximum absolute atomic E-state index is 13.2. The molecule has 4 nitrogen and oxygen atoms in total. The maximum atomic E-state index is 13.2. The molecule has 0 heterocycles. The summed E-state index contributed by atoms with van der Waals surface area (Å²) in [6.07, 6.45) is 0. The minimum Gasteiger partial charge on any atom is -0.238 e. The second-order valence-corrected chi connectivity index (χ2v) is 7.99. The van der Waals surface area contributed by atoms with Gasteiger partial charge in [-0.15, -0.1) is 0 Å². The van der Waals surface area contributed by atoms with Crippen LogP contribution in [0.4, 0.5) is 8.78 Å². The molecule has 0 fully saturated rings. The largest absolute Gasteiger partial charge is 0.324 e. The van der Waals surface area contributed by atoms with E-state index in [-0.39, 0.29) is 9.79 Å². The molecule has 0 aliphatic carbocycles. The first-order valence-corrected chi connectivity index (χ1v) is 8.79. The SMILES string of the molecule is O=S(=O)(N=[S@@](=O)(c1ccccc1)C(F)F)c1ccccc1. The predicted molar refractivity (Wildman–Crippen MR) is 74.9 cm³/mol. The molecule has 112 valence electrons. The zero-order chi connectivity index (χ0) is 15.5. The summed E-state index contributed by atoms with van der Waals surface area (Å²) < 4.78 is 65.9. The van der Waals surface area contributed by atoms with Gasteiger partial charge in [-0.25, -0.2) is 4.21 Å². The smallest absolute Gasteiger partial charge is 0.238 e. The lowest BCUT2D eigenvalue weighted by atomic mass is 10.4. The highest BCUT2D eigenvalue weighted by atomic mass is 32.3. The second kappa shape index (κ2) is 5.90. The zero-order valence-corrected chi connectivity index (χ0v) is 12.2. The van der Waals surface area contributed by atoms with Gasteiger partial charge in [0.1, 0.15) is 0 Å². The van der Waals surface area contributed by atoms with Crippen molar-refractivity contribution in [2.45, 2.75) is 15.5 Å². The maximum Gasteiger partial charge on any atom is 0.324 e. The topological polar surface area (TPSA) is 63.6 Å². The van der Waals surface area contributed by atoms with Gasteiger partial charge in [0.25, 0.3) is 10.0 Å². The van der Waals surface area contributed by atoms with Crippen molar-refractivity contribution in [3.05, 3.63) is 60.7 Å². The molecule has 0 unspecified atom stereocenters. The molecule has 0 saturated carbocycles. The molecule has 0 spiro atoms. The molecule has 0 amide bonds. The van der Waals surface area contributed by atoms with E-state index in [1.807, 2.05) is 0 Å². The Morgan fingerprint density at radius 2 is 1.19 bits per heavy atom. The average Bonchev–Trinajstić information content (AvgIpc) is 2.48. The van der Waals surface area contributed by atoms with E-state index in [2.05, 4.69) is 3.77 Å². The number of rotatable bonds is 4. The lowest BCUT2D eigenvalue weighted by molar-refractivity contribution is 0.241. The van der Waals surface area contributed by atoms with Crippen molar-refractivity contribution in [2.75, 3.05) is 0 Å². The fraction of sp³-hybridized carbons (Fsp3) is 0.0769. The number of hydrogen-bond donors (Lipinski definition) is 0. The Kier molecular flexibility index (Phi) is 4.38. The van der Waals surface area contributed by atoms with Crippen molar-refractivity contribution in [1.82, 2.24) is 0 Å². The third kappa shape index (κ3) is 3.27. The van der Waals surface area contributed by atoms with E-state index in [4.69, 9.17) is 0 Å². The van der Waals surface area contributed by atoms with E-state index < -0.39 is 25.5 Å². The van der Waals surface area contributed by atoms with Crippen LogP contribution in [0.1, 0.15) is 0 Å². The Balaban J connectivity index is 2.67. The highest BCUT2D eigenvalue weighted by molar-refractivity contribution is 8.03. The van der Waals surface area contributed by atoms with Crippen LogP contribution in [-0.2, 0) is 19.8 Å². The summed E-state index contributed by atoms with van der Waals surface area (Å²) in [5.41, 5.74) is 0. The number of benzene rings is 2. The van der Waals surface area contributed by atoms with Crippen LogP contribution in [0.3, 0.4) is 0 Å². The van der Waals surface area contributed by atoms with Crippen molar-refractivity contribution in [3.8, 4) is 0 Å². The first-order valence-electron chi connectivity index (χ1n) is 5.77. The van der Waals surface area contributed by atoms with E-state index in [1.165, 1.54) is 48.5 Å². The Morgan fingerprint density at radius 3 is 1.62 bits per heavy atom. The number of hydrogen-bond acceptors (Lipinski definition) is 3. The van der Waals surface area contributed by atoms with Crippen LogP contribution in [0.25, 0.3) is 0 Å². The molecule has 1 atom stereocenters. The van der Waals surface area contributed by atoms with Crippen molar-refractivity contribution in [1.29, 1.82) is 0 Å². The molecule has 8 heteroatoms. The summed E-state index contributed by atoms with van der Waals surface area (Å²) in [6.45, 7) is 0. The Labute approximate surface area is 121 Å². The van der Waals surface area contributed by atoms with E-state index in [0.29, 0.717) is 0 Å². The normalized spacial score (nSPS) is 14.6. The molecule has 2 aromatic carbocycles. The molecule has 21 heavy (non-hydrogen) atoms. The van der Waals surface area contributed by atoms with Crippen molar-refractivity contribution in [3.63, 3.8) is 0 Å². The number of sulfonamides is 1. The van der Waals surface area contributed by atoms with Gasteiger partial charge in [-0.1, -0.05) is 40.2 Å². The van der Waals surface area contributed by atoms with Crippen LogP contribution in [0, 0.1) is 0 Å². The summed E-state index contributed by atoms with van der Waals surface area (Å²) in [6, 6.07) is 13.5. The van der Waals surface area contributed by atoms with Crippen molar-refractivity contribution in [2.24, 2.45) is 3.77 Å². The molecule has 0 aliphatic heterocycles. The van der Waals surface area contributed by atoms with Gasteiger partial charge >= 0.3 is 5.76 Å². The van der Waals surface area contributed by atoms with Gasteiger partial charge < -0.3 is 0 Å². The lowest BCUT2D eigenvalue weighted by Gasteiger charge is -2.09. The Bertz CT molecular complexity index is 828. The van der Waals surface area contributed by atoms with Crippen molar-refractivity contribution < 1.29 is 21.4 Å². The van der Waals surface area contributed by atoms with E-state index in [1.54, 1.807) is 12.1 Å². The first-order chi connectivity index (χ1) is 9.86. The van der Waals surface area contributed by atoms with Gasteiger partial charge in [-0.3, -0.25) is 0 Å². The molecule has 2 rings (SSSR count). The monoisotopic (exact) mass is 331 g/mol. The molecule has 0 saturated heterocycles. The summed E-state index contributed by atoms with van der Waals surface area (Å²) in [5, 5.41) is 0. The van der Waals surface area contributed by atoms with Crippen molar-refractivity contribution >= 4 is 19.8 Å². The lowest BCUT2D eigenvalue weighted by Crippen LogP contribution is -2.14. The highest BCUT2D eigenvalue weighted by Gasteiger charge is 2.28. The number of halogens is 2. The fourth-order valence-electron chi connectivity index (χ4n) is 1.58. The van der Waals surface area contributed by atoms with Crippen LogP contribution in [0.15, 0.2) is 74.2 Å². The minimum atomic E-state index is -4.44. The zero-order valence-electron chi connectivity index (χ0n) is 10.6. The molecular formula is C13H11F2NO3S2. The summed E-state index contributed by atoms with van der Waals surface area (Å²) in [7, 11) is -8.83. The third-order valence-electron chi connectivity index (χ3n) is 2.57. The van der Waals surface area contributed by atoms with E-state index in [0.717, 1.165) is 0 Å². The first kappa shape index (κ1) is 15.6. The number of alkyl halides is 2. The molecule has 0 aliphatic rings. The van der Waals surface area contributed by atoms with Gasteiger partial charge in [0, 0.05) is 0 Å².